The van der Waals surface area contributed by atoms with Crippen LogP contribution in [0.25, 0.3) is 0 Å². The molecule has 0 radical (unpaired) electrons. The first kappa shape index (κ1) is 17.9. The Labute approximate surface area is 115 Å². The summed E-state index contributed by atoms with van der Waals surface area (Å²) in [5.74, 6) is -1.09. The number of carbonyl (C=O) groups excluding carboxylic acids is 1. The molecule has 5 heteroatoms. The number of carboxylic acids is 1. The van der Waals surface area contributed by atoms with Gasteiger partial charge in [-0.3, -0.25) is 4.79 Å². The molecule has 0 saturated carbocycles. The van der Waals surface area contributed by atoms with E-state index in [1.54, 1.807) is 0 Å². The molecule has 3 atom stereocenters. The average molecular weight is 272 g/mol. The molecule has 0 heterocycles. The fourth-order valence-corrected chi connectivity index (χ4v) is 1.88. The van der Waals surface area contributed by atoms with Crippen molar-refractivity contribution in [3.8, 4) is 0 Å². The lowest BCUT2D eigenvalue weighted by molar-refractivity contribution is -0.142. The standard InChI is InChI=1S/C14H28N2O3/c1-9(2)8-12(14(18)19)16-13(17)10(3)6-5-7-11(4)15/h9-12H,5-8,15H2,1-4H3,(H,16,17)(H,18,19)/t10?,11?,12-/m0/s1. The van der Waals surface area contributed by atoms with Crippen LogP contribution in [0.2, 0.25) is 0 Å². The molecule has 2 unspecified atom stereocenters. The van der Waals surface area contributed by atoms with Gasteiger partial charge in [-0.2, -0.15) is 0 Å². The van der Waals surface area contributed by atoms with E-state index >= 15 is 0 Å². The summed E-state index contributed by atoms with van der Waals surface area (Å²) in [6, 6.07) is -0.647. The first-order chi connectivity index (χ1) is 8.73. The first-order valence-corrected chi connectivity index (χ1v) is 7.02. The van der Waals surface area contributed by atoms with Crippen LogP contribution in [0.1, 0.15) is 53.4 Å². The Bertz CT molecular complexity index is 290. The highest BCUT2D eigenvalue weighted by Crippen LogP contribution is 2.11. The molecule has 0 saturated heterocycles. The minimum absolute atomic E-state index is 0.142. The monoisotopic (exact) mass is 272 g/mol. The molecule has 0 fully saturated rings. The van der Waals surface area contributed by atoms with E-state index in [1.807, 2.05) is 27.7 Å². The minimum atomic E-state index is -0.968. The maximum atomic E-state index is 11.9. The van der Waals surface area contributed by atoms with Crippen LogP contribution in [0.5, 0.6) is 0 Å². The van der Waals surface area contributed by atoms with E-state index in [1.165, 1.54) is 0 Å². The van der Waals surface area contributed by atoms with Gasteiger partial charge in [0.05, 0.1) is 0 Å². The topological polar surface area (TPSA) is 92.4 Å². The highest BCUT2D eigenvalue weighted by molar-refractivity contribution is 5.84. The van der Waals surface area contributed by atoms with Crippen molar-refractivity contribution in [3.63, 3.8) is 0 Å². The number of carbonyl (C=O) groups is 2. The van der Waals surface area contributed by atoms with Gasteiger partial charge in [0.15, 0.2) is 0 Å². The number of hydrogen-bond acceptors (Lipinski definition) is 3. The third kappa shape index (κ3) is 8.59. The molecule has 0 aliphatic rings. The smallest absolute Gasteiger partial charge is 0.326 e. The van der Waals surface area contributed by atoms with E-state index in [0.717, 1.165) is 19.3 Å². The summed E-state index contributed by atoms with van der Waals surface area (Å²) in [4.78, 5) is 23.0. The number of hydrogen-bond donors (Lipinski definition) is 3. The molecular formula is C14H28N2O3. The molecule has 5 nitrogen and oxygen atoms in total. The van der Waals surface area contributed by atoms with Crippen LogP contribution in [0.4, 0.5) is 0 Å². The molecule has 1 amide bonds. The molecular weight excluding hydrogens is 244 g/mol. The summed E-state index contributed by atoms with van der Waals surface area (Å²) in [7, 11) is 0. The van der Waals surface area contributed by atoms with Crippen LogP contribution in [-0.4, -0.2) is 29.1 Å². The Morgan fingerprint density at radius 1 is 1.16 bits per heavy atom. The molecule has 0 aliphatic heterocycles. The Kier molecular flexibility index (Phi) is 8.39. The van der Waals surface area contributed by atoms with E-state index < -0.39 is 12.0 Å². The second kappa shape index (κ2) is 8.91. The summed E-state index contributed by atoms with van der Waals surface area (Å²) < 4.78 is 0. The van der Waals surface area contributed by atoms with Gasteiger partial charge in [0.2, 0.25) is 5.91 Å². The predicted molar refractivity (Wildman–Crippen MR) is 75.7 cm³/mol. The van der Waals surface area contributed by atoms with Crippen molar-refractivity contribution >= 4 is 11.9 Å². The Balaban J connectivity index is 4.20. The molecule has 112 valence electrons. The van der Waals surface area contributed by atoms with Crippen molar-refractivity contribution in [2.24, 2.45) is 17.6 Å². The van der Waals surface area contributed by atoms with Crippen molar-refractivity contribution in [2.45, 2.75) is 65.5 Å². The highest BCUT2D eigenvalue weighted by atomic mass is 16.4. The lowest BCUT2D eigenvalue weighted by Crippen LogP contribution is -2.43. The highest BCUT2D eigenvalue weighted by Gasteiger charge is 2.23. The zero-order valence-electron chi connectivity index (χ0n) is 12.5. The van der Waals surface area contributed by atoms with Crippen LogP contribution >= 0.6 is 0 Å². The van der Waals surface area contributed by atoms with Crippen molar-refractivity contribution in [3.05, 3.63) is 0 Å². The van der Waals surface area contributed by atoms with E-state index in [0.29, 0.717) is 6.42 Å². The van der Waals surface area contributed by atoms with Crippen LogP contribution in [-0.2, 0) is 9.59 Å². The Hall–Kier alpha value is -1.10. The van der Waals surface area contributed by atoms with Crippen molar-refractivity contribution < 1.29 is 14.7 Å². The maximum absolute atomic E-state index is 11.9. The fourth-order valence-electron chi connectivity index (χ4n) is 1.88. The number of nitrogens with one attached hydrogen (secondary N) is 1. The molecule has 4 N–H and O–H groups in total. The minimum Gasteiger partial charge on any atom is -0.480 e. The number of nitrogens with two attached hydrogens (primary N) is 1. The quantitative estimate of drug-likeness (QED) is 0.596. The van der Waals surface area contributed by atoms with Crippen molar-refractivity contribution in [1.82, 2.24) is 5.32 Å². The number of rotatable bonds is 9. The summed E-state index contributed by atoms with van der Waals surface area (Å²) in [6.45, 7) is 7.64. The van der Waals surface area contributed by atoms with Gasteiger partial charge in [-0.1, -0.05) is 27.2 Å². The van der Waals surface area contributed by atoms with E-state index in [9.17, 15) is 9.59 Å². The number of amides is 1. The molecule has 0 spiro atoms. The molecule has 0 rings (SSSR count). The zero-order chi connectivity index (χ0) is 15.0. The molecule has 0 aliphatic carbocycles. The number of aliphatic carboxylic acids is 1. The molecule has 0 aromatic rings. The first-order valence-electron chi connectivity index (χ1n) is 7.02. The van der Waals surface area contributed by atoms with Gasteiger partial charge in [0.1, 0.15) is 6.04 Å². The van der Waals surface area contributed by atoms with Crippen LogP contribution in [0.15, 0.2) is 0 Å². The lowest BCUT2D eigenvalue weighted by Gasteiger charge is -2.19. The van der Waals surface area contributed by atoms with Gasteiger partial charge in [-0.15, -0.1) is 0 Å². The summed E-state index contributed by atoms with van der Waals surface area (Å²) in [5.41, 5.74) is 5.65. The van der Waals surface area contributed by atoms with Gasteiger partial charge in [-0.05, 0) is 32.1 Å². The summed E-state index contributed by atoms with van der Waals surface area (Å²) >= 11 is 0. The summed E-state index contributed by atoms with van der Waals surface area (Å²) in [5, 5.41) is 11.7. The van der Waals surface area contributed by atoms with Gasteiger partial charge in [-0.25, -0.2) is 4.79 Å². The van der Waals surface area contributed by atoms with Crippen LogP contribution in [0.3, 0.4) is 0 Å². The second-order valence-electron chi connectivity index (χ2n) is 5.84. The molecule has 0 aromatic heterocycles. The van der Waals surface area contributed by atoms with Gasteiger partial charge >= 0.3 is 5.97 Å². The molecule has 19 heavy (non-hydrogen) atoms. The third-order valence-corrected chi connectivity index (χ3v) is 3.07. The van der Waals surface area contributed by atoms with E-state index in [4.69, 9.17) is 10.8 Å². The lowest BCUT2D eigenvalue weighted by atomic mass is 9.99. The zero-order valence-corrected chi connectivity index (χ0v) is 12.5. The normalized spacial score (nSPS) is 15.9. The third-order valence-electron chi connectivity index (χ3n) is 3.07. The van der Waals surface area contributed by atoms with E-state index in [-0.39, 0.29) is 23.8 Å². The Morgan fingerprint density at radius 2 is 1.74 bits per heavy atom. The Morgan fingerprint density at radius 3 is 2.16 bits per heavy atom. The van der Waals surface area contributed by atoms with Crippen molar-refractivity contribution in [1.29, 1.82) is 0 Å². The maximum Gasteiger partial charge on any atom is 0.326 e. The number of carboxylic acid groups (broad SMARTS) is 1. The SMILES string of the molecule is CC(C)C[C@H](NC(=O)C(C)CCCC(C)N)C(=O)O. The second-order valence-corrected chi connectivity index (χ2v) is 5.84. The van der Waals surface area contributed by atoms with E-state index in [2.05, 4.69) is 5.32 Å². The van der Waals surface area contributed by atoms with Crippen LogP contribution < -0.4 is 11.1 Å². The predicted octanol–water partition coefficient (Wildman–Crippen LogP) is 1.76. The van der Waals surface area contributed by atoms with Gasteiger partial charge in [0, 0.05) is 12.0 Å². The molecule has 0 bridgehead atoms. The average Bonchev–Trinajstić information content (AvgIpc) is 2.26. The van der Waals surface area contributed by atoms with Gasteiger partial charge in [0.25, 0.3) is 0 Å². The van der Waals surface area contributed by atoms with Crippen LogP contribution in [0, 0.1) is 11.8 Å². The summed E-state index contributed by atoms with van der Waals surface area (Å²) in [6.07, 6.45) is 2.95. The fraction of sp³-hybridized carbons (Fsp3) is 0.857. The molecule has 0 aromatic carbocycles. The van der Waals surface area contributed by atoms with Gasteiger partial charge < -0.3 is 16.2 Å². The largest absolute Gasteiger partial charge is 0.480 e. The van der Waals surface area contributed by atoms with Crippen molar-refractivity contribution in [2.75, 3.05) is 0 Å².